The molecule has 0 amide bonds. The average molecular weight is 162 g/mol. The Labute approximate surface area is 73.4 Å². The second-order valence-corrected chi connectivity index (χ2v) is 3.36. The van der Waals surface area contributed by atoms with Crippen molar-refractivity contribution in [2.24, 2.45) is 0 Å². The number of hydrogen-bond acceptors (Lipinski definition) is 1. The van der Waals surface area contributed by atoms with Gasteiger partial charge in [0.2, 0.25) is 0 Å². The van der Waals surface area contributed by atoms with Crippen molar-refractivity contribution >= 4 is 0 Å². The summed E-state index contributed by atoms with van der Waals surface area (Å²) in [5, 5.41) is 8.77. The van der Waals surface area contributed by atoms with E-state index in [0.717, 1.165) is 11.3 Å². The van der Waals surface area contributed by atoms with Gasteiger partial charge in [-0.25, -0.2) is 0 Å². The van der Waals surface area contributed by atoms with Crippen LogP contribution in [0.5, 0.6) is 0 Å². The highest BCUT2D eigenvalue weighted by molar-refractivity contribution is 5.37. The van der Waals surface area contributed by atoms with E-state index in [-0.39, 0.29) is 0 Å². The number of nitriles is 1. The van der Waals surface area contributed by atoms with Crippen LogP contribution in [0.3, 0.4) is 0 Å². The zero-order valence-electron chi connectivity index (χ0n) is 8.05. The summed E-state index contributed by atoms with van der Waals surface area (Å²) in [7, 11) is 0. The van der Waals surface area contributed by atoms with E-state index in [9.17, 15) is 0 Å². The van der Waals surface area contributed by atoms with Crippen LogP contribution in [-0.4, -0.2) is 4.57 Å². The summed E-state index contributed by atoms with van der Waals surface area (Å²) < 4.78 is 2.18. The van der Waals surface area contributed by atoms with Crippen molar-refractivity contribution in [3.63, 3.8) is 0 Å². The minimum absolute atomic E-state index is 0.437. The molecule has 1 heterocycles. The molecule has 0 unspecified atom stereocenters. The maximum absolute atomic E-state index is 8.77. The van der Waals surface area contributed by atoms with Crippen molar-refractivity contribution in [3.05, 3.63) is 23.0 Å². The number of aromatic nitrogens is 1. The molecule has 0 saturated carbocycles. The molecule has 0 atom stereocenters. The first-order chi connectivity index (χ1) is 5.57. The molecule has 0 spiro atoms. The quantitative estimate of drug-likeness (QED) is 0.623. The van der Waals surface area contributed by atoms with Gasteiger partial charge < -0.3 is 4.57 Å². The maximum atomic E-state index is 8.77. The smallest absolute Gasteiger partial charge is 0.101 e. The summed E-state index contributed by atoms with van der Waals surface area (Å²) >= 11 is 0. The standard InChI is InChI=1S/C10H14N2/c1-7(2)12-8(3)5-10(6-11)9(12)4/h5,7H,1-4H3. The van der Waals surface area contributed by atoms with Gasteiger partial charge in [0.15, 0.2) is 0 Å². The lowest BCUT2D eigenvalue weighted by molar-refractivity contribution is 0.574. The first-order valence-electron chi connectivity index (χ1n) is 4.16. The van der Waals surface area contributed by atoms with E-state index < -0.39 is 0 Å². The van der Waals surface area contributed by atoms with Crippen molar-refractivity contribution in [3.8, 4) is 6.07 Å². The molecule has 64 valence electrons. The van der Waals surface area contributed by atoms with Crippen LogP contribution in [0.2, 0.25) is 0 Å². The fraction of sp³-hybridized carbons (Fsp3) is 0.500. The lowest BCUT2D eigenvalue weighted by Gasteiger charge is -2.12. The molecule has 0 fully saturated rings. The highest BCUT2D eigenvalue weighted by Crippen LogP contribution is 2.18. The molecular weight excluding hydrogens is 148 g/mol. The zero-order chi connectivity index (χ0) is 9.30. The largest absolute Gasteiger partial charge is 0.345 e. The van der Waals surface area contributed by atoms with Gasteiger partial charge in [0.1, 0.15) is 6.07 Å². The van der Waals surface area contributed by atoms with Gasteiger partial charge >= 0.3 is 0 Å². The molecule has 12 heavy (non-hydrogen) atoms. The molecule has 0 radical (unpaired) electrons. The second-order valence-electron chi connectivity index (χ2n) is 3.36. The molecule has 2 nitrogen and oxygen atoms in total. The van der Waals surface area contributed by atoms with Crippen LogP contribution in [0, 0.1) is 25.2 Å². The normalized spacial score (nSPS) is 10.3. The Balaban J connectivity index is 3.31. The van der Waals surface area contributed by atoms with E-state index in [4.69, 9.17) is 5.26 Å². The second kappa shape index (κ2) is 3.02. The van der Waals surface area contributed by atoms with Crippen LogP contribution in [-0.2, 0) is 0 Å². The summed E-state index contributed by atoms with van der Waals surface area (Å²) in [5.74, 6) is 0. The van der Waals surface area contributed by atoms with Gasteiger partial charge in [-0.3, -0.25) is 0 Å². The lowest BCUT2D eigenvalue weighted by atomic mass is 10.3. The Kier molecular flexibility index (Phi) is 2.23. The number of aryl methyl sites for hydroxylation is 1. The monoisotopic (exact) mass is 162 g/mol. The van der Waals surface area contributed by atoms with Crippen LogP contribution in [0.15, 0.2) is 6.07 Å². The van der Waals surface area contributed by atoms with Crippen molar-refractivity contribution in [2.75, 3.05) is 0 Å². The van der Waals surface area contributed by atoms with Crippen molar-refractivity contribution in [1.82, 2.24) is 4.57 Å². The van der Waals surface area contributed by atoms with Crippen LogP contribution in [0.1, 0.15) is 36.8 Å². The van der Waals surface area contributed by atoms with Gasteiger partial charge in [0, 0.05) is 17.4 Å². The molecule has 0 aliphatic heterocycles. The maximum Gasteiger partial charge on any atom is 0.101 e. The third-order valence-corrected chi connectivity index (χ3v) is 2.12. The minimum Gasteiger partial charge on any atom is -0.345 e. The predicted molar refractivity (Wildman–Crippen MR) is 49.0 cm³/mol. The molecule has 0 aromatic carbocycles. The Hall–Kier alpha value is -1.23. The molecule has 1 aromatic heterocycles. The molecule has 0 N–H and O–H groups in total. The number of hydrogen-bond donors (Lipinski definition) is 0. The third-order valence-electron chi connectivity index (χ3n) is 2.12. The van der Waals surface area contributed by atoms with Crippen LogP contribution >= 0.6 is 0 Å². The summed E-state index contributed by atoms with van der Waals surface area (Å²) in [5.41, 5.74) is 3.03. The van der Waals surface area contributed by atoms with Gasteiger partial charge in [-0.05, 0) is 33.8 Å². The first kappa shape index (κ1) is 8.86. The van der Waals surface area contributed by atoms with Crippen molar-refractivity contribution < 1.29 is 0 Å². The molecule has 1 rings (SSSR count). The molecule has 0 bridgehead atoms. The topological polar surface area (TPSA) is 28.7 Å². The minimum atomic E-state index is 0.437. The van der Waals surface area contributed by atoms with Gasteiger partial charge in [0.25, 0.3) is 0 Å². The van der Waals surface area contributed by atoms with E-state index >= 15 is 0 Å². The van der Waals surface area contributed by atoms with Crippen molar-refractivity contribution in [2.45, 2.75) is 33.7 Å². The molecule has 2 heteroatoms. The summed E-state index contributed by atoms with van der Waals surface area (Å²) in [6, 6.07) is 4.57. The molecule has 0 aliphatic rings. The molecule has 0 saturated heterocycles. The number of rotatable bonds is 1. The fourth-order valence-corrected chi connectivity index (χ4v) is 1.68. The highest BCUT2D eigenvalue weighted by Gasteiger charge is 2.09. The highest BCUT2D eigenvalue weighted by atomic mass is 15.0. The van der Waals surface area contributed by atoms with Crippen LogP contribution in [0.25, 0.3) is 0 Å². The van der Waals surface area contributed by atoms with Gasteiger partial charge in [-0.1, -0.05) is 0 Å². The van der Waals surface area contributed by atoms with E-state index in [1.165, 1.54) is 5.69 Å². The van der Waals surface area contributed by atoms with Crippen molar-refractivity contribution in [1.29, 1.82) is 5.26 Å². The Morgan fingerprint density at radius 3 is 2.25 bits per heavy atom. The van der Waals surface area contributed by atoms with E-state index in [1.807, 2.05) is 19.9 Å². The summed E-state index contributed by atoms with van der Waals surface area (Å²) in [6.07, 6.45) is 0. The van der Waals surface area contributed by atoms with E-state index in [1.54, 1.807) is 0 Å². The van der Waals surface area contributed by atoms with Gasteiger partial charge in [0.05, 0.1) is 5.56 Å². The Bertz CT molecular complexity index is 326. The summed E-state index contributed by atoms with van der Waals surface area (Å²) in [6.45, 7) is 8.28. The molecule has 1 aromatic rings. The van der Waals surface area contributed by atoms with Crippen LogP contribution in [0.4, 0.5) is 0 Å². The molecular formula is C10H14N2. The van der Waals surface area contributed by atoms with E-state index in [0.29, 0.717) is 6.04 Å². The van der Waals surface area contributed by atoms with Gasteiger partial charge in [-0.2, -0.15) is 5.26 Å². The van der Waals surface area contributed by atoms with E-state index in [2.05, 4.69) is 24.5 Å². The third kappa shape index (κ3) is 1.23. The SMILES string of the molecule is Cc1cc(C#N)c(C)n1C(C)C. The zero-order valence-corrected chi connectivity index (χ0v) is 8.05. The van der Waals surface area contributed by atoms with Crippen LogP contribution < -0.4 is 0 Å². The predicted octanol–water partition coefficient (Wildman–Crippen LogP) is 2.56. The Morgan fingerprint density at radius 1 is 1.42 bits per heavy atom. The lowest BCUT2D eigenvalue weighted by Crippen LogP contribution is -2.04. The van der Waals surface area contributed by atoms with Gasteiger partial charge in [-0.15, -0.1) is 0 Å². The Morgan fingerprint density at radius 2 is 2.00 bits per heavy atom. The average Bonchev–Trinajstić information content (AvgIpc) is 2.25. The first-order valence-corrected chi connectivity index (χ1v) is 4.16. The molecule has 0 aliphatic carbocycles. The number of nitrogens with zero attached hydrogens (tertiary/aromatic N) is 2. The fourth-order valence-electron chi connectivity index (χ4n) is 1.68. The summed E-state index contributed by atoms with van der Waals surface area (Å²) in [4.78, 5) is 0.